The van der Waals surface area contributed by atoms with E-state index in [9.17, 15) is 4.79 Å². The molecule has 1 fully saturated rings. The van der Waals surface area contributed by atoms with E-state index in [1.54, 1.807) is 12.1 Å². The summed E-state index contributed by atoms with van der Waals surface area (Å²) in [5.74, 6) is 0.0855. The highest BCUT2D eigenvalue weighted by molar-refractivity contribution is 6.42. The second-order valence-electron chi connectivity index (χ2n) is 5.22. The highest BCUT2D eigenvalue weighted by atomic mass is 35.5. The molecular formula is C16H20Cl2O3. The summed E-state index contributed by atoms with van der Waals surface area (Å²) in [5, 5.41) is 0.923. The van der Waals surface area contributed by atoms with Crippen LogP contribution < -0.4 is 0 Å². The summed E-state index contributed by atoms with van der Waals surface area (Å²) >= 11 is 12.0. The van der Waals surface area contributed by atoms with Crippen LogP contribution in [0.1, 0.15) is 44.3 Å². The minimum atomic E-state index is -0.567. The van der Waals surface area contributed by atoms with Crippen LogP contribution in [0.25, 0.3) is 0 Å². The van der Waals surface area contributed by atoms with Gasteiger partial charge in [-0.3, -0.25) is 4.79 Å². The maximum absolute atomic E-state index is 12.4. The van der Waals surface area contributed by atoms with Gasteiger partial charge in [-0.05, 0) is 37.0 Å². The van der Waals surface area contributed by atoms with Crippen LogP contribution in [0.5, 0.6) is 0 Å². The van der Waals surface area contributed by atoms with E-state index in [-0.39, 0.29) is 11.9 Å². The van der Waals surface area contributed by atoms with Crippen LogP contribution in [0.2, 0.25) is 10.0 Å². The van der Waals surface area contributed by atoms with Crippen molar-refractivity contribution in [3.05, 3.63) is 33.8 Å². The maximum Gasteiger partial charge on any atom is 0.166 e. The summed E-state index contributed by atoms with van der Waals surface area (Å²) in [6.45, 7) is 3.35. The SMILES string of the molecule is CCCC(=O)C(OC1CCOCC1)c1ccc(Cl)c(Cl)c1. The monoisotopic (exact) mass is 330 g/mol. The highest BCUT2D eigenvalue weighted by Gasteiger charge is 2.26. The summed E-state index contributed by atoms with van der Waals surface area (Å²) in [7, 11) is 0. The third kappa shape index (κ3) is 4.68. The number of ether oxygens (including phenoxy) is 2. The molecule has 3 nitrogen and oxygen atoms in total. The van der Waals surface area contributed by atoms with Gasteiger partial charge in [-0.15, -0.1) is 0 Å². The molecule has 1 aliphatic heterocycles. The molecule has 0 aliphatic carbocycles. The van der Waals surface area contributed by atoms with Crippen LogP contribution in [0.4, 0.5) is 0 Å². The second-order valence-corrected chi connectivity index (χ2v) is 6.03. The number of rotatable bonds is 6. The predicted octanol–water partition coefficient (Wildman–Crippen LogP) is 4.60. The van der Waals surface area contributed by atoms with E-state index in [1.165, 1.54) is 0 Å². The third-order valence-corrected chi connectivity index (χ3v) is 4.27. The van der Waals surface area contributed by atoms with Gasteiger partial charge in [-0.2, -0.15) is 0 Å². The van der Waals surface area contributed by atoms with E-state index >= 15 is 0 Å². The Morgan fingerprint density at radius 1 is 1.33 bits per heavy atom. The number of hydrogen-bond donors (Lipinski definition) is 0. The zero-order valence-corrected chi connectivity index (χ0v) is 13.6. The van der Waals surface area contributed by atoms with Crippen LogP contribution in [-0.2, 0) is 14.3 Å². The molecule has 0 radical (unpaired) electrons. The van der Waals surface area contributed by atoms with Crippen LogP contribution in [0.15, 0.2) is 18.2 Å². The lowest BCUT2D eigenvalue weighted by Crippen LogP contribution is -2.28. The Hall–Kier alpha value is -0.610. The molecule has 1 aliphatic rings. The largest absolute Gasteiger partial charge is 0.381 e. The van der Waals surface area contributed by atoms with Crippen molar-refractivity contribution in [1.82, 2.24) is 0 Å². The van der Waals surface area contributed by atoms with Crippen molar-refractivity contribution >= 4 is 29.0 Å². The van der Waals surface area contributed by atoms with Gasteiger partial charge >= 0.3 is 0 Å². The first kappa shape index (κ1) is 16.8. The van der Waals surface area contributed by atoms with E-state index < -0.39 is 6.10 Å². The van der Waals surface area contributed by atoms with Gasteiger partial charge < -0.3 is 9.47 Å². The standard InChI is InChI=1S/C16H20Cl2O3/c1-2-3-15(19)16(21-12-6-8-20-9-7-12)11-4-5-13(17)14(18)10-11/h4-5,10,12,16H,2-3,6-9H2,1H3. The molecule has 1 aromatic rings. The molecule has 1 aromatic carbocycles. The van der Waals surface area contributed by atoms with Crippen LogP contribution in [0, 0.1) is 0 Å². The topological polar surface area (TPSA) is 35.5 Å². The van der Waals surface area contributed by atoms with Crippen molar-refractivity contribution < 1.29 is 14.3 Å². The predicted molar refractivity (Wildman–Crippen MR) is 84.0 cm³/mol. The lowest BCUT2D eigenvalue weighted by atomic mass is 10.0. The van der Waals surface area contributed by atoms with Crippen LogP contribution >= 0.6 is 23.2 Å². The number of carbonyl (C=O) groups excluding carboxylic acids is 1. The fourth-order valence-electron chi connectivity index (χ4n) is 2.40. The first-order valence-electron chi connectivity index (χ1n) is 7.32. The number of Topliss-reactive ketones (excluding diaryl/α,β-unsaturated/α-hetero) is 1. The number of benzene rings is 1. The second kappa shape index (κ2) is 8.14. The summed E-state index contributed by atoms with van der Waals surface area (Å²) in [6.07, 6.45) is 2.41. The quantitative estimate of drug-likeness (QED) is 0.764. The average Bonchev–Trinajstić information content (AvgIpc) is 2.49. The highest BCUT2D eigenvalue weighted by Crippen LogP contribution is 2.30. The van der Waals surface area contributed by atoms with E-state index in [0.29, 0.717) is 29.7 Å². The summed E-state index contributed by atoms with van der Waals surface area (Å²) in [5.41, 5.74) is 0.773. The molecule has 0 N–H and O–H groups in total. The van der Waals surface area contributed by atoms with Gasteiger partial charge in [0.1, 0.15) is 6.10 Å². The molecule has 0 saturated carbocycles. The molecule has 1 unspecified atom stereocenters. The van der Waals surface area contributed by atoms with Crippen LogP contribution in [-0.4, -0.2) is 25.1 Å². The molecule has 0 amide bonds. The van der Waals surface area contributed by atoms with Crippen molar-refractivity contribution in [2.45, 2.75) is 44.8 Å². The van der Waals surface area contributed by atoms with Crippen molar-refractivity contribution in [3.63, 3.8) is 0 Å². The van der Waals surface area contributed by atoms with Crippen molar-refractivity contribution in [3.8, 4) is 0 Å². The smallest absolute Gasteiger partial charge is 0.166 e. The molecule has 5 heteroatoms. The number of halogens is 2. The lowest BCUT2D eigenvalue weighted by molar-refractivity contribution is -0.139. The maximum atomic E-state index is 12.4. The number of carbonyl (C=O) groups is 1. The molecule has 1 heterocycles. The Kier molecular flexibility index (Phi) is 6.49. The molecule has 116 valence electrons. The fourth-order valence-corrected chi connectivity index (χ4v) is 2.70. The molecule has 1 atom stereocenters. The normalized spacial score (nSPS) is 17.7. The van der Waals surface area contributed by atoms with Gasteiger partial charge in [0.15, 0.2) is 5.78 Å². The van der Waals surface area contributed by atoms with E-state index in [0.717, 1.165) is 24.8 Å². The Morgan fingerprint density at radius 3 is 2.67 bits per heavy atom. The molecule has 1 saturated heterocycles. The first-order valence-corrected chi connectivity index (χ1v) is 8.08. The Balaban J connectivity index is 2.17. The van der Waals surface area contributed by atoms with Crippen molar-refractivity contribution in [2.75, 3.05) is 13.2 Å². The molecular weight excluding hydrogens is 311 g/mol. The van der Waals surface area contributed by atoms with Crippen molar-refractivity contribution in [2.24, 2.45) is 0 Å². The van der Waals surface area contributed by atoms with E-state index in [2.05, 4.69) is 0 Å². The average molecular weight is 331 g/mol. The Bertz CT molecular complexity index is 484. The molecule has 0 bridgehead atoms. The fraction of sp³-hybridized carbons (Fsp3) is 0.562. The summed E-state index contributed by atoms with van der Waals surface area (Å²) in [4.78, 5) is 12.4. The lowest BCUT2D eigenvalue weighted by Gasteiger charge is -2.27. The molecule has 0 aromatic heterocycles. The Morgan fingerprint density at radius 2 is 2.05 bits per heavy atom. The Labute approximate surface area is 135 Å². The van der Waals surface area contributed by atoms with Crippen LogP contribution in [0.3, 0.4) is 0 Å². The van der Waals surface area contributed by atoms with Gasteiger partial charge in [0.05, 0.1) is 16.1 Å². The minimum absolute atomic E-state index is 0.0546. The van der Waals surface area contributed by atoms with Gasteiger partial charge in [0.2, 0.25) is 0 Å². The van der Waals surface area contributed by atoms with Crippen molar-refractivity contribution in [1.29, 1.82) is 0 Å². The van der Waals surface area contributed by atoms with Gasteiger partial charge in [-0.1, -0.05) is 36.2 Å². The summed E-state index contributed by atoms with van der Waals surface area (Å²) in [6, 6.07) is 5.24. The summed E-state index contributed by atoms with van der Waals surface area (Å²) < 4.78 is 11.4. The van der Waals surface area contributed by atoms with E-state index in [4.69, 9.17) is 32.7 Å². The van der Waals surface area contributed by atoms with Gasteiger partial charge in [-0.25, -0.2) is 0 Å². The van der Waals surface area contributed by atoms with E-state index in [1.807, 2.05) is 13.0 Å². The zero-order chi connectivity index (χ0) is 15.2. The van der Waals surface area contributed by atoms with Gasteiger partial charge in [0, 0.05) is 19.6 Å². The first-order chi connectivity index (χ1) is 10.1. The number of ketones is 1. The molecule has 0 spiro atoms. The molecule has 21 heavy (non-hydrogen) atoms. The third-order valence-electron chi connectivity index (χ3n) is 3.53. The number of hydrogen-bond acceptors (Lipinski definition) is 3. The zero-order valence-electron chi connectivity index (χ0n) is 12.1. The van der Waals surface area contributed by atoms with Gasteiger partial charge in [0.25, 0.3) is 0 Å². The minimum Gasteiger partial charge on any atom is -0.381 e. The molecule has 2 rings (SSSR count).